The van der Waals surface area contributed by atoms with E-state index < -0.39 is 27.3 Å². The van der Waals surface area contributed by atoms with Crippen molar-refractivity contribution in [3.05, 3.63) is 0 Å². The fourth-order valence-electron chi connectivity index (χ4n) is 1.57. The van der Waals surface area contributed by atoms with Gasteiger partial charge in [0.25, 0.3) is 0 Å². The van der Waals surface area contributed by atoms with E-state index in [4.69, 9.17) is 27.9 Å². The monoisotopic (exact) mass is 252 g/mol. The van der Waals surface area contributed by atoms with E-state index in [0.29, 0.717) is 0 Å². The molecule has 0 aromatic heterocycles. The minimum Gasteiger partial charge on any atom is -0.464 e. The van der Waals surface area contributed by atoms with Crippen molar-refractivity contribution in [2.24, 2.45) is 10.8 Å². The van der Waals surface area contributed by atoms with Crippen LogP contribution in [0.3, 0.4) is 0 Å². The van der Waals surface area contributed by atoms with E-state index in [0.717, 1.165) is 0 Å². The fraction of sp³-hybridized carbons (Fsp3) is 0.667. The van der Waals surface area contributed by atoms with E-state index in [-0.39, 0.29) is 13.0 Å². The van der Waals surface area contributed by atoms with Crippen LogP contribution in [0.25, 0.3) is 0 Å². The average Bonchev–Trinajstić information content (AvgIpc) is 2.30. The molecule has 0 aromatic rings. The summed E-state index contributed by atoms with van der Waals surface area (Å²) in [6.07, 6.45) is -0.262. The van der Waals surface area contributed by atoms with Gasteiger partial charge in [-0.3, -0.25) is 14.4 Å². The van der Waals surface area contributed by atoms with Gasteiger partial charge in [0, 0.05) is 6.42 Å². The summed E-state index contributed by atoms with van der Waals surface area (Å²) in [7, 11) is 0. The zero-order valence-electron chi connectivity index (χ0n) is 8.30. The smallest absolute Gasteiger partial charge is 0.313 e. The standard InChI is InChI=1S/C9H10Cl2O4/c1-8(3-5(10)12)7(14)15-4-9(8,2)6(11)13/h3-4H2,1-2H3/t8-,9-/m1/s1. The van der Waals surface area contributed by atoms with Gasteiger partial charge in [-0.25, -0.2) is 0 Å². The number of esters is 1. The maximum absolute atomic E-state index is 11.5. The Hall–Kier alpha value is -0.610. The molecule has 0 spiro atoms. The van der Waals surface area contributed by atoms with E-state index in [2.05, 4.69) is 0 Å². The van der Waals surface area contributed by atoms with Crippen LogP contribution in [-0.4, -0.2) is 23.1 Å². The first-order valence-electron chi connectivity index (χ1n) is 4.29. The highest BCUT2D eigenvalue weighted by Crippen LogP contribution is 2.49. The molecule has 0 saturated carbocycles. The predicted molar refractivity (Wildman–Crippen MR) is 53.5 cm³/mol. The number of rotatable bonds is 3. The number of halogens is 2. The molecule has 1 aliphatic rings. The first-order valence-corrected chi connectivity index (χ1v) is 5.05. The van der Waals surface area contributed by atoms with Crippen molar-refractivity contribution in [3.63, 3.8) is 0 Å². The Balaban J connectivity index is 3.15. The molecule has 1 aliphatic heterocycles. The van der Waals surface area contributed by atoms with Crippen LogP contribution in [0.15, 0.2) is 0 Å². The SMILES string of the molecule is C[C@]1(C(=O)Cl)COC(=O)[C@@]1(C)CC(=O)Cl. The molecular formula is C9H10Cl2O4. The summed E-state index contributed by atoms with van der Waals surface area (Å²) < 4.78 is 4.79. The number of carbonyl (C=O) groups excluding carboxylic acids is 3. The minimum atomic E-state index is -1.27. The van der Waals surface area contributed by atoms with Gasteiger partial charge in [-0.05, 0) is 37.0 Å². The lowest BCUT2D eigenvalue weighted by atomic mass is 9.66. The van der Waals surface area contributed by atoms with Crippen LogP contribution in [0, 0.1) is 10.8 Å². The zero-order chi connectivity index (χ0) is 11.9. The third-order valence-corrected chi connectivity index (χ3v) is 3.64. The van der Waals surface area contributed by atoms with Gasteiger partial charge in [-0.1, -0.05) is 0 Å². The first-order chi connectivity index (χ1) is 6.74. The molecular weight excluding hydrogens is 243 g/mol. The van der Waals surface area contributed by atoms with Gasteiger partial charge < -0.3 is 4.74 Å². The second kappa shape index (κ2) is 3.76. The third-order valence-electron chi connectivity index (χ3n) is 3.09. The van der Waals surface area contributed by atoms with Crippen molar-refractivity contribution < 1.29 is 19.1 Å². The van der Waals surface area contributed by atoms with Crippen LogP contribution in [0.4, 0.5) is 0 Å². The molecule has 1 saturated heterocycles. The highest BCUT2D eigenvalue weighted by molar-refractivity contribution is 6.65. The normalized spacial score (nSPS) is 35.1. The first kappa shape index (κ1) is 12.5. The van der Waals surface area contributed by atoms with Gasteiger partial charge >= 0.3 is 5.97 Å². The Kier molecular flexibility index (Phi) is 3.12. The molecule has 1 fully saturated rings. The van der Waals surface area contributed by atoms with Gasteiger partial charge in [0.15, 0.2) is 0 Å². The zero-order valence-corrected chi connectivity index (χ0v) is 9.81. The van der Waals surface area contributed by atoms with E-state index in [1.807, 2.05) is 0 Å². The lowest BCUT2D eigenvalue weighted by molar-refractivity contribution is -0.148. The largest absolute Gasteiger partial charge is 0.464 e. The van der Waals surface area contributed by atoms with Gasteiger partial charge in [0.2, 0.25) is 10.5 Å². The van der Waals surface area contributed by atoms with Gasteiger partial charge in [0.1, 0.15) is 6.61 Å². The number of cyclic esters (lactones) is 1. The summed E-state index contributed by atoms with van der Waals surface area (Å²) in [5, 5.41) is -1.39. The number of hydrogen-bond donors (Lipinski definition) is 0. The number of carbonyl (C=O) groups is 3. The number of ether oxygens (including phenoxy) is 1. The second-order valence-corrected chi connectivity index (χ2v) is 4.81. The highest BCUT2D eigenvalue weighted by atomic mass is 35.5. The molecule has 0 unspecified atom stereocenters. The van der Waals surface area contributed by atoms with Gasteiger partial charge in [-0.2, -0.15) is 0 Å². The van der Waals surface area contributed by atoms with Crippen molar-refractivity contribution in [2.45, 2.75) is 20.3 Å². The summed E-state index contributed by atoms with van der Waals surface area (Å²) >= 11 is 10.7. The Bertz CT molecular complexity index is 341. The topological polar surface area (TPSA) is 60.4 Å². The molecule has 0 amide bonds. The minimum absolute atomic E-state index is 0.116. The van der Waals surface area contributed by atoms with Gasteiger partial charge in [0.05, 0.1) is 10.8 Å². The summed E-state index contributed by atoms with van der Waals surface area (Å²) in [5.74, 6) is -0.618. The molecule has 15 heavy (non-hydrogen) atoms. The molecule has 2 atom stereocenters. The van der Waals surface area contributed by atoms with Crippen LogP contribution in [0.5, 0.6) is 0 Å². The summed E-state index contributed by atoms with van der Waals surface area (Å²) in [6.45, 7) is 2.84. The molecule has 1 heterocycles. The van der Waals surface area contributed by atoms with E-state index >= 15 is 0 Å². The average molecular weight is 253 g/mol. The van der Waals surface area contributed by atoms with E-state index in [1.54, 1.807) is 0 Å². The third kappa shape index (κ3) is 1.76. The van der Waals surface area contributed by atoms with Crippen molar-refractivity contribution in [2.75, 3.05) is 6.61 Å². The summed E-state index contributed by atoms with van der Waals surface area (Å²) in [5.41, 5.74) is -2.47. The Morgan fingerprint density at radius 1 is 1.40 bits per heavy atom. The molecule has 0 aliphatic carbocycles. The van der Waals surface area contributed by atoms with Crippen LogP contribution in [0.1, 0.15) is 20.3 Å². The van der Waals surface area contributed by atoms with E-state index in [1.165, 1.54) is 13.8 Å². The quantitative estimate of drug-likeness (QED) is 0.564. The molecule has 0 aromatic carbocycles. The molecule has 0 N–H and O–H groups in total. The number of hydrogen-bond acceptors (Lipinski definition) is 4. The van der Waals surface area contributed by atoms with Crippen molar-refractivity contribution in [1.82, 2.24) is 0 Å². The second-order valence-electron chi connectivity index (χ2n) is 4.05. The molecule has 84 valence electrons. The fourth-order valence-corrected chi connectivity index (χ4v) is 2.10. The molecule has 1 rings (SSSR count). The predicted octanol–water partition coefficient (Wildman–Crippen LogP) is 1.48. The molecule has 0 radical (unpaired) electrons. The van der Waals surface area contributed by atoms with Crippen LogP contribution >= 0.6 is 23.2 Å². The molecule has 0 bridgehead atoms. The molecule has 4 nitrogen and oxygen atoms in total. The Labute approximate surface area is 96.9 Å². The lowest BCUT2D eigenvalue weighted by Crippen LogP contribution is -2.43. The van der Waals surface area contributed by atoms with Crippen molar-refractivity contribution in [3.8, 4) is 0 Å². The Morgan fingerprint density at radius 3 is 2.33 bits per heavy atom. The van der Waals surface area contributed by atoms with Gasteiger partial charge in [-0.15, -0.1) is 0 Å². The Morgan fingerprint density at radius 2 is 1.93 bits per heavy atom. The summed E-state index contributed by atoms with van der Waals surface area (Å²) in [4.78, 5) is 33.7. The highest BCUT2D eigenvalue weighted by Gasteiger charge is 2.61. The van der Waals surface area contributed by atoms with Crippen LogP contribution in [0.2, 0.25) is 0 Å². The summed E-state index contributed by atoms with van der Waals surface area (Å²) in [6, 6.07) is 0. The van der Waals surface area contributed by atoms with Crippen LogP contribution < -0.4 is 0 Å². The van der Waals surface area contributed by atoms with Crippen molar-refractivity contribution in [1.29, 1.82) is 0 Å². The van der Waals surface area contributed by atoms with Crippen LogP contribution in [-0.2, 0) is 19.1 Å². The maximum atomic E-state index is 11.5. The molecule has 6 heteroatoms. The maximum Gasteiger partial charge on any atom is 0.313 e. The van der Waals surface area contributed by atoms with Crippen molar-refractivity contribution >= 4 is 39.7 Å². The lowest BCUT2D eigenvalue weighted by Gasteiger charge is -2.31. The van der Waals surface area contributed by atoms with E-state index in [9.17, 15) is 14.4 Å².